The summed E-state index contributed by atoms with van der Waals surface area (Å²) in [5.74, 6) is -0.285. The molecule has 0 aliphatic carbocycles. The van der Waals surface area contributed by atoms with Gasteiger partial charge in [0.05, 0.1) is 19.3 Å². The van der Waals surface area contributed by atoms with Crippen molar-refractivity contribution in [1.29, 1.82) is 0 Å². The largest absolute Gasteiger partial charge is 0.379 e. The fourth-order valence-corrected chi connectivity index (χ4v) is 3.64. The third-order valence-corrected chi connectivity index (χ3v) is 5.33. The zero-order valence-corrected chi connectivity index (χ0v) is 16.5. The van der Waals surface area contributed by atoms with Crippen molar-refractivity contribution in [2.24, 2.45) is 0 Å². The van der Waals surface area contributed by atoms with Crippen LogP contribution in [0.1, 0.15) is 27.7 Å². The molecular weight excluding hydrogens is 366 g/mol. The first kappa shape index (κ1) is 19.4. The van der Waals surface area contributed by atoms with Crippen LogP contribution in [-0.4, -0.2) is 48.6 Å². The molecule has 1 aliphatic rings. The molecule has 2 N–H and O–H groups in total. The molecule has 1 fully saturated rings. The molecule has 150 valence electrons. The second kappa shape index (κ2) is 8.59. The second-order valence-corrected chi connectivity index (χ2v) is 7.45. The molecule has 6 heteroatoms. The van der Waals surface area contributed by atoms with E-state index in [4.69, 9.17) is 4.74 Å². The number of aromatic nitrogens is 1. The number of amides is 1. The Morgan fingerprint density at radius 1 is 1.14 bits per heavy atom. The van der Waals surface area contributed by atoms with Crippen molar-refractivity contribution in [3.8, 4) is 0 Å². The number of ether oxygens (including phenoxy) is 1. The van der Waals surface area contributed by atoms with E-state index in [9.17, 15) is 9.59 Å². The van der Waals surface area contributed by atoms with Gasteiger partial charge in [0.1, 0.15) is 5.69 Å². The highest BCUT2D eigenvalue weighted by atomic mass is 16.5. The summed E-state index contributed by atoms with van der Waals surface area (Å²) in [4.78, 5) is 30.4. The van der Waals surface area contributed by atoms with Crippen LogP contribution in [0.2, 0.25) is 0 Å². The average Bonchev–Trinajstić information content (AvgIpc) is 2.74. The molecule has 6 nitrogen and oxygen atoms in total. The van der Waals surface area contributed by atoms with Crippen LogP contribution in [0, 0.1) is 6.92 Å². The molecule has 1 unspecified atom stereocenters. The Morgan fingerprint density at radius 3 is 2.62 bits per heavy atom. The Morgan fingerprint density at radius 2 is 1.86 bits per heavy atom. The second-order valence-electron chi connectivity index (χ2n) is 7.45. The van der Waals surface area contributed by atoms with Crippen LogP contribution in [-0.2, 0) is 4.74 Å². The SMILES string of the molecule is Cc1ccc(C(CN2CCOCC2)NC(=O)c2cc3ccccc3c(=O)[nH]2)cc1. The highest BCUT2D eigenvalue weighted by Gasteiger charge is 2.21. The van der Waals surface area contributed by atoms with Gasteiger partial charge < -0.3 is 15.0 Å². The van der Waals surface area contributed by atoms with Crippen LogP contribution >= 0.6 is 0 Å². The molecule has 0 bridgehead atoms. The predicted molar refractivity (Wildman–Crippen MR) is 113 cm³/mol. The van der Waals surface area contributed by atoms with E-state index >= 15 is 0 Å². The number of nitrogens with one attached hydrogen (secondary N) is 2. The Hall–Kier alpha value is -2.96. The summed E-state index contributed by atoms with van der Waals surface area (Å²) in [7, 11) is 0. The zero-order chi connectivity index (χ0) is 20.2. The van der Waals surface area contributed by atoms with Gasteiger partial charge in [-0.25, -0.2) is 0 Å². The number of morpholine rings is 1. The van der Waals surface area contributed by atoms with Gasteiger partial charge in [-0.2, -0.15) is 0 Å². The highest BCUT2D eigenvalue weighted by Crippen LogP contribution is 2.18. The number of aromatic amines is 1. The number of fused-ring (bicyclic) bond motifs is 1. The molecule has 1 saturated heterocycles. The summed E-state index contributed by atoms with van der Waals surface area (Å²) < 4.78 is 5.44. The van der Waals surface area contributed by atoms with Crippen LogP contribution < -0.4 is 10.9 Å². The predicted octanol–water partition coefficient (Wildman–Crippen LogP) is 2.64. The number of H-pyrrole nitrogens is 1. The van der Waals surface area contributed by atoms with E-state index in [2.05, 4.69) is 15.2 Å². The van der Waals surface area contributed by atoms with Gasteiger partial charge in [0, 0.05) is 25.0 Å². The van der Waals surface area contributed by atoms with Crippen LogP contribution in [0.5, 0.6) is 0 Å². The summed E-state index contributed by atoms with van der Waals surface area (Å²) in [6, 6.07) is 17.0. The molecule has 1 aromatic heterocycles. The topological polar surface area (TPSA) is 74.4 Å². The monoisotopic (exact) mass is 391 g/mol. The molecule has 2 heterocycles. The molecule has 0 radical (unpaired) electrons. The van der Waals surface area contributed by atoms with Crippen molar-refractivity contribution in [3.63, 3.8) is 0 Å². The van der Waals surface area contributed by atoms with E-state index in [-0.39, 0.29) is 23.2 Å². The van der Waals surface area contributed by atoms with Gasteiger partial charge in [-0.05, 0) is 30.0 Å². The van der Waals surface area contributed by atoms with Crippen molar-refractivity contribution in [2.75, 3.05) is 32.8 Å². The Balaban J connectivity index is 1.60. The molecule has 29 heavy (non-hydrogen) atoms. The Labute approximate surface area is 169 Å². The fourth-order valence-electron chi connectivity index (χ4n) is 3.64. The minimum atomic E-state index is -0.285. The van der Waals surface area contributed by atoms with Crippen molar-refractivity contribution < 1.29 is 9.53 Å². The van der Waals surface area contributed by atoms with Gasteiger partial charge in [0.25, 0.3) is 11.5 Å². The smallest absolute Gasteiger partial charge is 0.268 e. The number of hydrogen-bond acceptors (Lipinski definition) is 4. The number of pyridine rings is 1. The third-order valence-electron chi connectivity index (χ3n) is 5.33. The Kier molecular flexibility index (Phi) is 5.74. The lowest BCUT2D eigenvalue weighted by Crippen LogP contribution is -2.43. The van der Waals surface area contributed by atoms with Gasteiger partial charge >= 0.3 is 0 Å². The molecule has 0 saturated carbocycles. The minimum absolute atomic E-state index is 0.184. The number of carbonyl (C=O) groups is 1. The van der Waals surface area contributed by atoms with E-state index in [1.165, 1.54) is 5.56 Å². The molecule has 0 spiro atoms. The summed E-state index contributed by atoms with van der Waals surface area (Å²) in [6.07, 6.45) is 0. The summed E-state index contributed by atoms with van der Waals surface area (Å²) in [5, 5.41) is 4.44. The summed E-state index contributed by atoms with van der Waals surface area (Å²) >= 11 is 0. The van der Waals surface area contributed by atoms with Crippen molar-refractivity contribution in [1.82, 2.24) is 15.2 Å². The lowest BCUT2D eigenvalue weighted by atomic mass is 10.0. The average molecular weight is 391 g/mol. The lowest BCUT2D eigenvalue weighted by Gasteiger charge is -2.31. The number of aryl methyl sites for hydroxylation is 1. The normalized spacial score (nSPS) is 15.9. The van der Waals surface area contributed by atoms with E-state index in [1.807, 2.05) is 49.4 Å². The van der Waals surface area contributed by atoms with Crippen molar-refractivity contribution >= 4 is 16.7 Å². The van der Waals surface area contributed by atoms with E-state index in [1.54, 1.807) is 12.1 Å². The summed E-state index contributed by atoms with van der Waals surface area (Å²) in [6.45, 7) is 5.81. The molecule has 3 aromatic rings. The van der Waals surface area contributed by atoms with Gasteiger partial charge in [0.15, 0.2) is 0 Å². The van der Waals surface area contributed by atoms with E-state index in [0.717, 1.165) is 24.0 Å². The molecule has 1 amide bonds. The Bertz CT molecular complexity index is 1050. The fraction of sp³-hybridized carbons (Fsp3) is 0.304. The van der Waals surface area contributed by atoms with Crippen LogP contribution in [0.15, 0.2) is 59.4 Å². The van der Waals surface area contributed by atoms with Gasteiger partial charge in [-0.3, -0.25) is 14.5 Å². The zero-order valence-electron chi connectivity index (χ0n) is 16.5. The number of rotatable bonds is 5. The summed E-state index contributed by atoms with van der Waals surface area (Å²) in [5.41, 5.74) is 2.23. The maximum absolute atomic E-state index is 13.0. The number of benzene rings is 2. The third kappa shape index (κ3) is 4.55. The van der Waals surface area contributed by atoms with Crippen molar-refractivity contribution in [3.05, 3.63) is 81.8 Å². The molecule has 2 aromatic carbocycles. The quantitative estimate of drug-likeness (QED) is 0.701. The first-order chi connectivity index (χ1) is 14.1. The van der Waals surface area contributed by atoms with Crippen LogP contribution in [0.4, 0.5) is 0 Å². The lowest BCUT2D eigenvalue weighted by molar-refractivity contribution is 0.0332. The maximum Gasteiger partial charge on any atom is 0.268 e. The number of hydrogen-bond donors (Lipinski definition) is 2. The van der Waals surface area contributed by atoms with Crippen molar-refractivity contribution in [2.45, 2.75) is 13.0 Å². The standard InChI is InChI=1S/C23H25N3O3/c1-16-6-8-17(9-7-16)21(15-26-10-12-29-13-11-26)25-23(28)20-14-18-4-2-3-5-19(18)22(27)24-20/h2-9,14,21H,10-13,15H2,1H3,(H,24,27)(H,25,28). The van der Waals surface area contributed by atoms with E-state index < -0.39 is 0 Å². The van der Waals surface area contributed by atoms with Crippen LogP contribution in [0.25, 0.3) is 10.8 Å². The molecule has 4 rings (SSSR count). The minimum Gasteiger partial charge on any atom is -0.379 e. The molecule has 1 atom stereocenters. The number of nitrogens with zero attached hydrogens (tertiary/aromatic N) is 1. The van der Waals surface area contributed by atoms with Gasteiger partial charge in [-0.1, -0.05) is 48.0 Å². The molecular formula is C23H25N3O3. The van der Waals surface area contributed by atoms with Crippen LogP contribution in [0.3, 0.4) is 0 Å². The highest BCUT2D eigenvalue weighted by molar-refractivity contribution is 5.96. The first-order valence-corrected chi connectivity index (χ1v) is 9.90. The molecule has 1 aliphatic heterocycles. The van der Waals surface area contributed by atoms with E-state index in [0.29, 0.717) is 25.1 Å². The maximum atomic E-state index is 13.0. The first-order valence-electron chi connectivity index (χ1n) is 9.90. The van der Waals surface area contributed by atoms with Gasteiger partial charge in [-0.15, -0.1) is 0 Å². The van der Waals surface area contributed by atoms with Gasteiger partial charge in [0.2, 0.25) is 0 Å². The number of carbonyl (C=O) groups excluding carboxylic acids is 1.